The highest BCUT2D eigenvalue weighted by molar-refractivity contribution is 7.92. The number of sulfonamides is 1. The number of hydrogen-bond donors (Lipinski definition) is 1. The number of amides is 1. The number of hydrogen-bond acceptors (Lipinski definition) is 5. The van der Waals surface area contributed by atoms with Crippen molar-refractivity contribution in [2.24, 2.45) is 0 Å². The largest absolute Gasteiger partial charge is 0.328 e. The van der Waals surface area contributed by atoms with Crippen LogP contribution in [0.25, 0.3) is 0 Å². The molecule has 0 spiro atoms. The lowest BCUT2D eigenvalue weighted by molar-refractivity contribution is 0.0727. The third kappa shape index (κ3) is 4.69. The number of benzene rings is 2. The maximum Gasteiger partial charge on any atom is 0.262 e. The highest BCUT2D eigenvalue weighted by Crippen LogP contribution is 2.33. The number of aryl methyl sites for hydroxylation is 3. The van der Waals surface area contributed by atoms with Crippen molar-refractivity contribution in [2.75, 3.05) is 11.3 Å². The first-order valence-corrected chi connectivity index (χ1v) is 13.7. The number of carbonyl (C=O) groups excluding carboxylic acids is 1. The van der Waals surface area contributed by atoms with Crippen LogP contribution in [0.3, 0.4) is 0 Å². The fourth-order valence-electron chi connectivity index (χ4n) is 5.09. The molecular formula is C26H31N5O3S. The average molecular weight is 494 g/mol. The van der Waals surface area contributed by atoms with E-state index in [1.807, 2.05) is 17.9 Å². The van der Waals surface area contributed by atoms with E-state index in [0.717, 1.165) is 55.9 Å². The predicted octanol–water partition coefficient (Wildman–Crippen LogP) is 4.40. The van der Waals surface area contributed by atoms with Crippen LogP contribution in [0.5, 0.6) is 0 Å². The summed E-state index contributed by atoms with van der Waals surface area (Å²) in [5.74, 6) is 1.85. The van der Waals surface area contributed by atoms with Crippen molar-refractivity contribution in [3.8, 4) is 0 Å². The summed E-state index contributed by atoms with van der Waals surface area (Å²) < 4.78 is 30.7. The number of rotatable bonds is 5. The van der Waals surface area contributed by atoms with Crippen LogP contribution in [0.2, 0.25) is 0 Å². The molecule has 1 saturated heterocycles. The molecule has 8 nitrogen and oxygen atoms in total. The molecule has 2 aromatic carbocycles. The summed E-state index contributed by atoms with van der Waals surface area (Å²) in [5, 5.41) is 8.91. The van der Waals surface area contributed by atoms with E-state index in [1.54, 1.807) is 43.3 Å². The molecule has 1 unspecified atom stereocenters. The number of nitrogens with one attached hydrogen (secondary N) is 1. The first-order valence-electron chi connectivity index (χ1n) is 12.3. The van der Waals surface area contributed by atoms with Gasteiger partial charge in [0.1, 0.15) is 5.82 Å². The van der Waals surface area contributed by atoms with E-state index in [-0.39, 0.29) is 16.8 Å². The summed E-state index contributed by atoms with van der Waals surface area (Å²) in [6.45, 7) is 5.22. The molecule has 35 heavy (non-hydrogen) atoms. The predicted molar refractivity (Wildman–Crippen MR) is 134 cm³/mol. The minimum atomic E-state index is -3.73. The maximum absolute atomic E-state index is 13.4. The van der Waals surface area contributed by atoms with Gasteiger partial charge in [-0.1, -0.05) is 18.6 Å². The Labute approximate surface area is 206 Å². The Balaban J connectivity index is 1.33. The number of likely N-dealkylation sites (tertiary alicyclic amines) is 1. The number of fused-ring (bicyclic) bond motifs is 1. The zero-order valence-electron chi connectivity index (χ0n) is 20.2. The lowest BCUT2D eigenvalue weighted by Crippen LogP contribution is -2.32. The molecule has 1 fully saturated rings. The molecule has 1 N–H and O–H groups in total. The summed E-state index contributed by atoms with van der Waals surface area (Å²) in [5.41, 5.74) is 2.51. The van der Waals surface area contributed by atoms with E-state index < -0.39 is 10.0 Å². The van der Waals surface area contributed by atoms with Crippen LogP contribution in [0, 0.1) is 13.8 Å². The van der Waals surface area contributed by atoms with Crippen LogP contribution in [0.4, 0.5) is 5.69 Å². The van der Waals surface area contributed by atoms with Crippen LogP contribution in [-0.4, -0.2) is 40.5 Å². The molecule has 1 atom stereocenters. The number of carbonyl (C=O) groups is 1. The summed E-state index contributed by atoms with van der Waals surface area (Å²) in [7, 11) is -3.73. The summed E-state index contributed by atoms with van der Waals surface area (Å²) in [6.07, 6.45) is 6.16. The third-order valence-corrected chi connectivity index (χ3v) is 8.49. The molecule has 2 aliphatic rings. The van der Waals surface area contributed by atoms with E-state index in [4.69, 9.17) is 0 Å². The van der Waals surface area contributed by atoms with Gasteiger partial charge >= 0.3 is 0 Å². The van der Waals surface area contributed by atoms with Crippen molar-refractivity contribution in [3.63, 3.8) is 0 Å². The normalized spacial score (nSPS) is 18.2. The molecule has 0 radical (unpaired) electrons. The van der Waals surface area contributed by atoms with Gasteiger partial charge in [-0.2, -0.15) is 0 Å². The van der Waals surface area contributed by atoms with Gasteiger partial charge in [-0.05, 0) is 81.0 Å². The molecule has 9 heteroatoms. The van der Waals surface area contributed by atoms with Gasteiger partial charge in [-0.25, -0.2) is 8.42 Å². The topological polar surface area (TPSA) is 97.2 Å². The third-order valence-electron chi connectivity index (χ3n) is 6.97. The summed E-state index contributed by atoms with van der Waals surface area (Å²) in [4.78, 5) is 15.6. The highest BCUT2D eigenvalue weighted by Gasteiger charge is 2.35. The number of anilines is 1. The lowest BCUT2D eigenvalue weighted by atomic mass is 10.1. The van der Waals surface area contributed by atoms with Crippen LogP contribution >= 0.6 is 0 Å². The molecule has 5 rings (SSSR count). The SMILES string of the molecule is Cc1ccc(C)c(S(=O)(=O)Nc2ccc(C(=O)N3CCCC3c3nnc4n3CCCCC4)cc2)c1. The van der Waals surface area contributed by atoms with Gasteiger partial charge in [-0.15, -0.1) is 10.2 Å². The zero-order chi connectivity index (χ0) is 24.6. The van der Waals surface area contributed by atoms with Gasteiger partial charge in [-0.3, -0.25) is 9.52 Å². The van der Waals surface area contributed by atoms with E-state index in [0.29, 0.717) is 23.4 Å². The first kappa shape index (κ1) is 23.5. The molecule has 3 aromatic rings. The van der Waals surface area contributed by atoms with Crippen LogP contribution in [0.15, 0.2) is 47.4 Å². The summed E-state index contributed by atoms with van der Waals surface area (Å²) >= 11 is 0. The molecule has 0 aliphatic carbocycles. The summed E-state index contributed by atoms with van der Waals surface area (Å²) in [6, 6.07) is 11.9. The Morgan fingerprint density at radius 1 is 0.971 bits per heavy atom. The maximum atomic E-state index is 13.4. The Kier molecular flexibility index (Phi) is 6.35. The Morgan fingerprint density at radius 3 is 2.57 bits per heavy atom. The minimum Gasteiger partial charge on any atom is -0.328 e. The second-order valence-corrected chi connectivity index (χ2v) is 11.2. The number of nitrogens with zero attached hydrogens (tertiary/aromatic N) is 4. The molecule has 1 amide bonds. The quantitative estimate of drug-likeness (QED) is 0.568. The van der Waals surface area contributed by atoms with E-state index >= 15 is 0 Å². The zero-order valence-corrected chi connectivity index (χ0v) is 21.0. The molecular weight excluding hydrogens is 462 g/mol. The van der Waals surface area contributed by atoms with Gasteiger partial charge in [0.2, 0.25) is 0 Å². The highest BCUT2D eigenvalue weighted by atomic mass is 32.2. The van der Waals surface area contributed by atoms with Crippen molar-refractivity contribution < 1.29 is 13.2 Å². The lowest BCUT2D eigenvalue weighted by Gasteiger charge is -2.25. The van der Waals surface area contributed by atoms with E-state index in [1.165, 1.54) is 6.42 Å². The fourth-order valence-corrected chi connectivity index (χ4v) is 6.48. The van der Waals surface area contributed by atoms with E-state index in [9.17, 15) is 13.2 Å². The molecule has 0 saturated carbocycles. The minimum absolute atomic E-state index is 0.0672. The van der Waals surface area contributed by atoms with Gasteiger partial charge < -0.3 is 9.47 Å². The average Bonchev–Trinajstić information content (AvgIpc) is 3.41. The van der Waals surface area contributed by atoms with E-state index in [2.05, 4.69) is 19.5 Å². The van der Waals surface area contributed by atoms with Crippen molar-refractivity contribution in [3.05, 3.63) is 70.8 Å². The van der Waals surface area contributed by atoms with Crippen LogP contribution in [-0.2, 0) is 23.0 Å². The van der Waals surface area contributed by atoms with Crippen LogP contribution < -0.4 is 4.72 Å². The molecule has 2 aliphatic heterocycles. The molecule has 0 bridgehead atoms. The molecule has 1 aromatic heterocycles. The number of aromatic nitrogens is 3. The standard InChI is InChI=1S/C26H31N5O3S/c1-18-9-10-19(2)23(17-18)35(33,34)29-21-13-11-20(12-14-21)26(32)30-16-6-7-22(30)25-28-27-24-8-4-3-5-15-31(24)25/h9-14,17,22,29H,3-8,15-16H2,1-2H3. The Hall–Kier alpha value is -3.20. The van der Waals surface area contributed by atoms with Crippen molar-refractivity contribution in [1.82, 2.24) is 19.7 Å². The molecule has 184 valence electrons. The second kappa shape index (κ2) is 9.45. The Bertz CT molecular complexity index is 1350. The Morgan fingerprint density at radius 2 is 1.77 bits per heavy atom. The van der Waals surface area contributed by atoms with Crippen molar-refractivity contribution in [1.29, 1.82) is 0 Å². The van der Waals surface area contributed by atoms with Crippen LogP contribution in [0.1, 0.15) is 71.3 Å². The van der Waals surface area contributed by atoms with Gasteiger partial charge in [0.15, 0.2) is 5.82 Å². The fraction of sp³-hybridized carbons (Fsp3) is 0.423. The first-order chi connectivity index (χ1) is 16.8. The van der Waals surface area contributed by atoms with Gasteiger partial charge in [0, 0.05) is 30.8 Å². The monoisotopic (exact) mass is 493 g/mol. The van der Waals surface area contributed by atoms with Crippen molar-refractivity contribution >= 4 is 21.6 Å². The van der Waals surface area contributed by atoms with Gasteiger partial charge in [0.05, 0.1) is 10.9 Å². The van der Waals surface area contributed by atoms with Crippen molar-refractivity contribution in [2.45, 2.75) is 69.9 Å². The smallest absolute Gasteiger partial charge is 0.262 e. The second-order valence-electron chi connectivity index (χ2n) is 9.55. The van der Waals surface area contributed by atoms with Gasteiger partial charge in [0.25, 0.3) is 15.9 Å². The molecule has 3 heterocycles.